The molecule has 0 saturated heterocycles. The molecule has 1 saturated carbocycles. The Kier molecular flexibility index (Phi) is 4.15. The van der Waals surface area contributed by atoms with Crippen LogP contribution in [0.25, 0.3) is 0 Å². The minimum Gasteiger partial charge on any atom is -0.481 e. The van der Waals surface area contributed by atoms with E-state index in [1.807, 2.05) is 12.1 Å². The third-order valence-electron chi connectivity index (χ3n) is 3.97. The molecule has 0 unspecified atom stereocenters. The predicted molar refractivity (Wildman–Crippen MR) is 77.1 cm³/mol. The number of aromatic nitrogens is 3. The lowest BCUT2D eigenvalue weighted by atomic mass is 9.86. The van der Waals surface area contributed by atoms with E-state index >= 15 is 0 Å². The van der Waals surface area contributed by atoms with Gasteiger partial charge in [0.05, 0.1) is 7.11 Å². The van der Waals surface area contributed by atoms with Gasteiger partial charge in [-0.05, 0) is 31.2 Å². The number of hydrogen-bond donors (Lipinski definition) is 1. The highest BCUT2D eigenvalue weighted by atomic mass is 16.5. The lowest BCUT2D eigenvalue weighted by Crippen LogP contribution is -2.25. The van der Waals surface area contributed by atoms with Crippen molar-refractivity contribution in [2.75, 3.05) is 7.11 Å². The molecule has 0 atom stereocenters. The summed E-state index contributed by atoms with van der Waals surface area (Å²) in [6, 6.07) is 4.12. The molecule has 0 amide bonds. The van der Waals surface area contributed by atoms with Crippen molar-refractivity contribution in [3.63, 3.8) is 0 Å². The van der Waals surface area contributed by atoms with Gasteiger partial charge in [0, 0.05) is 30.6 Å². The van der Waals surface area contributed by atoms with Gasteiger partial charge in [0.25, 0.3) is 0 Å². The molecule has 1 aliphatic rings. The zero-order chi connectivity index (χ0) is 14.7. The fourth-order valence-electron chi connectivity index (χ4n) is 2.69. The number of rotatable bonds is 4. The maximum Gasteiger partial charge on any atom is 0.229 e. The molecule has 21 heavy (non-hydrogen) atoms. The summed E-state index contributed by atoms with van der Waals surface area (Å²) in [5.41, 5.74) is 6.96. The number of nitrogens with zero attached hydrogens (tertiary/aromatic N) is 3. The van der Waals surface area contributed by atoms with Gasteiger partial charge in [-0.2, -0.15) is 4.98 Å². The van der Waals surface area contributed by atoms with Crippen molar-refractivity contribution in [3.05, 3.63) is 35.6 Å². The molecule has 0 spiro atoms. The maximum atomic E-state index is 5.92. The van der Waals surface area contributed by atoms with Crippen LogP contribution in [0.3, 0.4) is 0 Å². The van der Waals surface area contributed by atoms with E-state index in [0.717, 1.165) is 37.1 Å². The molecule has 6 nitrogen and oxygen atoms in total. The van der Waals surface area contributed by atoms with Crippen LogP contribution in [-0.2, 0) is 6.42 Å². The Hall–Kier alpha value is -1.95. The topological polar surface area (TPSA) is 87.1 Å². The molecule has 6 heteroatoms. The van der Waals surface area contributed by atoms with E-state index in [0.29, 0.717) is 30.1 Å². The Morgan fingerprint density at radius 3 is 2.76 bits per heavy atom. The van der Waals surface area contributed by atoms with E-state index in [1.54, 1.807) is 13.3 Å². The molecule has 1 fully saturated rings. The van der Waals surface area contributed by atoms with Crippen molar-refractivity contribution in [1.82, 2.24) is 15.1 Å². The largest absolute Gasteiger partial charge is 0.481 e. The molecule has 0 aliphatic heterocycles. The third kappa shape index (κ3) is 3.39. The van der Waals surface area contributed by atoms with Crippen LogP contribution < -0.4 is 10.5 Å². The summed E-state index contributed by atoms with van der Waals surface area (Å²) in [4.78, 5) is 8.70. The molecule has 2 aromatic heterocycles. The molecule has 0 bridgehead atoms. The highest BCUT2D eigenvalue weighted by Crippen LogP contribution is 2.31. The summed E-state index contributed by atoms with van der Waals surface area (Å²) in [7, 11) is 1.60. The second-order valence-electron chi connectivity index (χ2n) is 5.55. The third-order valence-corrected chi connectivity index (χ3v) is 3.97. The summed E-state index contributed by atoms with van der Waals surface area (Å²) in [5.74, 6) is 2.41. The number of pyridine rings is 1. The average Bonchev–Trinajstić information content (AvgIpc) is 2.97. The Balaban J connectivity index is 1.64. The van der Waals surface area contributed by atoms with Gasteiger partial charge in [0.15, 0.2) is 5.82 Å². The molecular weight excluding hydrogens is 268 g/mol. The zero-order valence-corrected chi connectivity index (χ0v) is 12.2. The van der Waals surface area contributed by atoms with Crippen LogP contribution in [0.1, 0.15) is 48.9 Å². The minimum atomic E-state index is 0.328. The summed E-state index contributed by atoms with van der Waals surface area (Å²) in [5, 5.41) is 4.07. The van der Waals surface area contributed by atoms with E-state index in [2.05, 4.69) is 15.1 Å². The van der Waals surface area contributed by atoms with Gasteiger partial charge in [-0.1, -0.05) is 11.2 Å². The molecule has 2 heterocycles. The molecule has 112 valence electrons. The van der Waals surface area contributed by atoms with E-state index < -0.39 is 0 Å². The number of ether oxygens (including phenoxy) is 1. The van der Waals surface area contributed by atoms with Crippen LogP contribution in [0, 0.1) is 0 Å². The first kappa shape index (κ1) is 14.0. The number of methoxy groups -OCH3 is 1. The summed E-state index contributed by atoms with van der Waals surface area (Å²) >= 11 is 0. The van der Waals surface area contributed by atoms with Crippen molar-refractivity contribution in [1.29, 1.82) is 0 Å². The Morgan fingerprint density at radius 2 is 2.10 bits per heavy atom. The van der Waals surface area contributed by atoms with Gasteiger partial charge >= 0.3 is 0 Å². The van der Waals surface area contributed by atoms with Gasteiger partial charge in [-0.3, -0.25) is 0 Å². The van der Waals surface area contributed by atoms with Crippen LogP contribution in [0.2, 0.25) is 0 Å². The lowest BCUT2D eigenvalue weighted by molar-refractivity contribution is 0.300. The Morgan fingerprint density at radius 1 is 1.29 bits per heavy atom. The number of nitrogens with two attached hydrogens (primary N) is 1. The molecule has 2 N–H and O–H groups in total. The highest BCUT2D eigenvalue weighted by Gasteiger charge is 2.24. The summed E-state index contributed by atoms with van der Waals surface area (Å²) < 4.78 is 10.4. The van der Waals surface area contributed by atoms with Crippen molar-refractivity contribution >= 4 is 0 Å². The van der Waals surface area contributed by atoms with Crippen molar-refractivity contribution in [2.45, 2.75) is 44.1 Å². The smallest absolute Gasteiger partial charge is 0.229 e. The fourth-order valence-corrected chi connectivity index (χ4v) is 2.69. The quantitative estimate of drug-likeness (QED) is 0.926. The van der Waals surface area contributed by atoms with Crippen LogP contribution in [-0.4, -0.2) is 28.3 Å². The lowest BCUT2D eigenvalue weighted by Gasteiger charge is -2.22. The second kappa shape index (κ2) is 6.22. The maximum absolute atomic E-state index is 5.92. The Bertz CT molecular complexity index is 574. The summed E-state index contributed by atoms with van der Waals surface area (Å²) in [6.45, 7) is 0. The first-order chi connectivity index (χ1) is 10.2. The van der Waals surface area contributed by atoms with E-state index in [9.17, 15) is 0 Å². The van der Waals surface area contributed by atoms with Gasteiger partial charge in [0.1, 0.15) is 0 Å². The van der Waals surface area contributed by atoms with Crippen molar-refractivity contribution < 1.29 is 9.26 Å². The second-order valence-corrected chi connectivity index (χ2v) is 5.55. The molecule has 0 aromatic carbocycles. The highest BCUT2D eigenvalue weighted by molar-refractivity contribution is 5.20. The van der Waals surface area contributed by atoms with Crippen LogP contribution in [0.4, 0.5) is 0 Å². The monoisotopic (exact) mass is 288 g/mol. The zero-order valence-electron chi connectivity index (χ0n) is 12.2. The van der Waals surface area contributed by atoms with Crippen molar-refractivity contribution in [2.24, 2.45) is 5.73 Å². The molecule has 1 aliphatic carbocycles. The molecular formula is C15H20N4O2. The van der Waals surface area contributed by atoms with Gasteiger partial charge in [-0.25, -0.2) is 4.98 Å². The number of hydrogen-bond acceptors (Lipinski definition) is 6. The van der Waals surface area contributed by atoms with Crippen LogP contribution in [0.5, 0.6) is 5.88 Å². The SMILES string of the molecule is COc1ccc(Cc2noc(C3CCC(N)CC3)n2)cn1. The average molecular weight is 288 g/mol. The van der Waals surface area contributed by atoms with Gasteiger partial charge < -0.3 is 15.0 Å². The summed E-state index contributed by atoms with van der Waals surface area (Å²) in [6.07, 6.45) is 6.52. The molecule has 2 aromatic rings. The normalized spacial score (nSPS) is 22.2. The molecule has 3 rings (SSSR count). The van der Waals surface area contributed by atoms with Gasteiger partial charge in [0.2, 0.25) is 11.8 Å². The minimum absolute atomic E-state index is 0.328. The van der Waals surface area contributed by atoms with E-state index in [1.165, 1.54) is 0 Å². The van der Waals surface area contributed by atoms with Crippen LogP contribution in [0.15, 0.2) is 22.9 Å². The van der Waals surface area contributed by atoms with E-state index in [-0.39, 0.29) is 0 Å². The van der Waals surface area contributed by atoms with E-state index in [4.69, 9.17) is 15.0 Å². The molecule has 0 radical (unpaired) electrons. The first-order valence-corrected chi connectivity index (χ1v) is 7.31. The fraction of sp³-hybridized carbons (Fsp3) is 0.533. The Labute approximate surface area is 123 Å². The predicted octanol–water partition coefficient (Wildman–Crippen LogP) is 2.05. The first-order valence-electron chi connectivity index (χ1n) is 7.31. The van der Waals surface area contributed by atoms with Gasteiger partial charge in [-0.15, -0.1) is 0 Å². The van der Waals surface area contributed by atoms with Crippen LogP contribution >= 0.6 is 0 Å². The van der Waals surface area contributed by atoms with Crippen molar-refractivity contribution in [3.8, 4) is 5.88 Å². The standard InChI is InChI=1S/C15H20N4O2/c1-20-14-7-2-10(9-17-14)8-13-18-15(21-19-13)11-3-5-12(16)6-4-11/h2,7,9,11-12H,3-6,8,16H2,1H3.